The molecule has 1 aliphatic heterocycles. The van der Waals surface area contributed by atoms with Gasteiger partial charge in [0.2, 0.25) is 10.0 Å². The summed E-state index contributed by atoms with van der Waals surface area (Å²) in [4.78, 5) is 0.162. The Morgan fingerprint density at radius 3 is 2.50 bits per heavy atom. The summed E-state index contributed by atoms with van der Waals surface area (Å²) in [5.74, 6) is 0.491. The number of hydrogen-bond acceptors (Lipinski definition) is 4. The summed E-state index contributed by atoms with van der Waals surface area (Å²) in [7, 11) is -3.69. The number of aryl methyl sites for hydroxylation is 1. The van der Waals surface area contributed by atoms with E-state index in [2.05, 4.69) is 5.10 Å². The van der Waals surface area contributed by atoms with Crippen molar-refractivity contribution >= 4 is 10.0 Å². The van der Waals surface area contributed by atoms with Gasteiger partial charge in [0.15, 0.2) is 0 Å². The second kappa shape index (κ2) is 4.99. The van der Waals surface area contributed by atoms with Gasteiger partial charge in [-0.15, -0.1) is 0 Å². The highest BCUT2D eigenvalue weighted by Gasteiger charge is 2.23. The monoisotopic (exact) mass is 273 g/mol. The van der Waals surface area contributed by atoms with Crippen molar-refractivity contribution in [3.63, 3.8) is 0 Å². The summed E-state index contributed by atoms with van der Waals surface area (Å²) in [6.45, 7) is 5.69. The van der Waals surface area contributed by atoms with Gasteiger partial charge < -0.3 is 4.74 Å². The molecule has 2 rings (SSSR count). The van der Waals surface area contributed by atoms with Gasteiger partial charge in [-0.25, -0.2) is 13.6 Å². The van der Waals surface area contributed by atoms with Crippen molar-refractivity contribution in [1.82, 2.24) is 9.78 Å². The molecule has 0 bridgehead atoms. The second-order valence-electron chi connectivity index (χ2n) is 4.78. The van der Waals surface area contributed by atoms with Crippen molar-refractivity contribution in [2.75, 3.05) is 13.2 Å². The van der Waals surface area contributed by atoms with E-state index >= 15 is 0 Å². The van der Waals surface area contributed by atoms with Crippen molar-refractivity contribution in [3.8, 4) is 0 Å². The first-order chi connectivity index (χ1) is 8.39. The third-order valence-electron chi connectivity index (χ3n) is 3.37. The summed E-state index contributed by atoms with van der Waals surface area (Å²) in [6.07, 6.45) is 1.98. The molecule has 0 unspecified atom stereocenters. The van der Waals surface area contributed by atoms with Crippen molar-refractivity contribution in [2.24, 2.45) is 11.1 Å². The molecule has 1 aliphatic rings. The van der Waals surface area contributed by atoms with Gasteiger partial charge in [0.05, 0.1) is 11.4 Å². The van der Waals surface area contributed by atoms with E-state index in [9.17, 15) is 8.42 Å². The maximum atomic E-state index is 11.5. The first kappa shape index (κ1) is 13.5. The SMILES string of the molecule is Cc1nn(CC2CCOCC2)c(C)c1S(N)(=O)=O. The topological polar surface area (TPSA) is 87.2 Å². The van der Waals surface area contributed by atoms with Gasteiger partial charge >= 0.3 is 0 Å². The van der Waals surface area contributed by atoms with Gasteiger partial charge in [-0.2, -0.15) is 5.10 Å². The summed E-state index contributed by atoms with van der Waals surface area (Å²) in [5.41, 5.74) is 1.10. The third-order valence-corrected chi connectivity index (χ3v) is 4.53. The Morgan fingerprint density at radius 1 is 1.39 bits per heavy atom. The van der Waals surface area contributed by atoms with E-state index in [1.54, 1.807) is 18.5 Å². The van der Waals surface area contributed by atoms with Crippen LogP contribution in [0.15, 0.2) is 4.90 Å². The number of primary sulfonamides is 1. The predicted molar refractivity (Wildman–Crippen MR) is 66.6 cm³/mol. The lowest BCUT2D eigenvalue weighted by molar-refractivity contribution is 0.0599. The van der Waals surface area contributed by atoms with Crippen LogP contribution in [-0.2, 0) is 21.3 Å². The number of rotatable bonds is 3. The normalized spacial score (nSPS) is 18.2. The van der Waals surface area contributed by atoms with Crippen LogP contribution in [0, 0.1) is 19.8 Å². The standard InChI is InChI=1S/C11H19N3O3S/c1-8-11(18(12,15)16)9(2)14(13-8)7-10-3-5-17-6-4-10/h10H,3-7H2,1-2H3,(H2,12,15,16). The van der Waals surface area contributed by atoms with E-state index in [0.717, 1.165) is 32.6 Å². The number of nitrogens with zero attached hydrogens (tertiary/aromatic N) is 2. The summed E-state index contributed by atoms with van der Waals surface area (Å²) in [5, 5.41) is 9.49. The first-order valence-electron chi connectivity index (χ1n) is 6.04. The minimum atomic E-state index is -3.69. The first-order valence-corrected chi connectivity index (χ1v) is 7.59. The van der Waals surface area contributed by atoms with E-state index in [-0.39, 0.29) is 4.90 Å². The van der Waals surface area contributed by atoms with Crippen LogP contribution in [0.3, 0.4) is 0 Å². The van der Waals surface area contributed by atoms with Crippen LogP contribution in [-0.4, -0.2) is 31.4 Å². The number of sulfonamides is 1. The molecule has 0 radical (unpaired) electrons. The maximum Gasteiger partial charge on any atom is 0.241 e. The molecule has 0 amide bonds. The summed E-state index contributed by atoms with van der Waals surface area (Å²) in [6, 6.07) is 0. The fourth-order valence-electron chi connectivity index (χ4n) is 2.44. The molecule has 1 fully saturated rings. The molecule has 0 spiro atoms. The molecule has 0 atom stereocenters. The Hall–Kier alpha value is -0.920. The predicted octanol–water partition coefficient (Wildman–Crippen LogP) is 0.574. The van der Waals surface area contributed by atoms with Crippen molar-refractivity contribution < 1.29 is 13.2 Å². The fourth-order valence-corrected chi connectivity index (χ4v) is 3.41. The van der Waals surface area contributed by atoms with Crippen molar-refractivity contribution in [2.45, 2.75) is 38.1 Å². The fraction of sp³-hybridized carbons (Fsp3) is 0.727. The molecule has 102 valence electrons. The summed E-state index contributed by atoms with van der Waals surface area (Å²) >= 11 is 0. The molecule has 1 aromatic heterocycles. The number of aromatic nitrogens is 2. The highest BCUT2D eigenvalue weighted by Crippen LogP contribution is 2.22. The molecule has 0 aliphatic carbocycles. The zero-order chi connectivity index (χ0) is 13.3. The molecule has 6 nitrogen and oxygen atoms in total. The highest BCUT2D eigenvalue weighted by molar-refractivity contribution is 7.89. The van der Waals surface area contributed by atoms with Crippen molar-refractivity contribution in [1.29, 1.82) is 0 Å². The third kappa shape index (κ3) is 2.73. The number of hydrogen-bond donors (Lipinski definition) is 1. The van der Waals surface area contributed by atoms with Gasteiger partial charge in [-0.3, -0.25) is 4.68 Å². The molecule has 2 heterocycles. The smallest absolute Gasteiger partial charge is 0.241 e. The van der Waals surface area contributed by atoms with Crippen LogP contribution in [0.5, 0.6) is 0 Å². The average molecular weight is 273 g/mol. The highest BCUT2D eigenvalue weighted by atomic mass is 32.2. The Balaban J connectivity index is 2.24. The molecule has 0 aromatic carbocycles. The Kier molecular flexibility index (Phi) is 3.74. The summed E-state index contributed by atoms with van der Waals surface area (Å²) < 4.78 is 30.0. The number of ether oxygens (including phenoxy) is 1. The lowest BCUT2D eigenvalue weighted by Crippen LogP contribution is -2.21. The molecule has 0 saturated carbocycles. The maximum absolute atomic E-state index is 11.5. The van der Waals surface area contributed by atoms with Crippen LogP contribution < -0.4 is 5.14 Å². The van der Waals surface area contributed by atoms with Gasteiger partial charge in [0, 0.05) is 19.8 Å². The molecule has 1 aromatic rings. The van der Waals surface area contributed by atoms with Crippen molar-refractivity contribution in [3.05, 3.63) is 11.4 Å². The lowest BCUT2D eigenvalue weighted by atomic mass is 10.0. The zero-order valence-electron chi connectivity index (χ0n) is 10.7. The van der Waals surface area contributed by atoms with Crippen LogP contribution >= 0.6 is 0 Å². The van der Waals surface area contributed by atoms with Crippen LogP contribution in [0.2, 0.25) is 0 Å². The minimum absolute atomic E-state index is 0.162. The zero-order valence-corrected chi connectivity index (χ0v) is 11.5. The molecular formula is C11H19N3O3S. The number of nitrogens with two attached hydrogens (primary N) is 1. The molecule has 18 heavy (non-hydrogen) atoms. The van der Waals surface area contributed by atoms with Crippen LogP contribution in [0.4, 0.5) is 0 Å². The average Bonchev–Trinajstić information content (AvgIpc) is 2.54. The molecular weight excluding hydrogens is 254 g/mol. The minimum Gasteiger partial charge on any atom is -0.381 e. The van der Waals surface area contributed by atoms with E-state index in [1.807, 2.05) is 0 Å². The Bertz CT molecular complexity index is 530. The molecule has 2 N–H and O–H groups in total. The Morgan fingerprint density at radius 2 is 2.00 bits per heavy atom. The quantitative estimate of drug-likeness (QED) is 0.872. The van der Waals surface area contributed by atoms with E-state index in [4.69, 9.17) is 9.88 Å². The lowest BCUT2D eigenvalue weighted by Gasteiger charge is -2.22. The molecule has 1 saturated heterocycles. The van der Waals surface area contributed by atoms with Crippen LogP contribution in [0.1, 0.15) is 24.2 Å². The van der Waals surface area contributed by atoms with Gasteiger partial charge in [0.1, 0.15) is 4.90 Å². The Labute approximate surface area is 107 Å². The van der Waals surface area contributed by atoms with E-state index in [0.29, 0.717) is 17.3 Å². The second-order valence-corrected chi connectivity index (χ2v) is 6.28. The van der Waals surface area contributed by atoms with E-state index in [1.165, 1.54) is 0 Å². The van der Waals surface area contributed by atoms with Gasteiger partial charge in [-0.1, -0.05) is 0 Å². The van der Waals surface area contributed by atoms with Gasteiger partial charge in [0.25, 0.3) is 0 Å². The van der Waals surface area contributed by atoms with Gasteiger partial charge in [-0.05, 0) is 32.6 Å². The van der Waals surface area contributed by atoms with Crippen LogP contribution in [0.25, 0.3) is 0 Å². The van der Waals surface area contributed by atoms with E-state index < -0.39 is 10.0 Å². The largest absolute Gasteiger partial charge is 0.381 e. The molecule has 7 heteroatoms.